The summed E-state index contributed by atoms with van der Waals surface area (Å²) in [6.07, 6.45) is 4.62. The highest BCUT2D eigenvalue weighted by atomic mass is 16.2. The van der Waals surface area contributed by atoms with Crippen LogP contribution in [0.5, 0.6) is 0 Å². The Morgan fingerprint density at radius 2 is 1.93 bits per heavy atom. The number of carbonyl (C=O) groups excluding carboxylic acids is 2. The molecule has 1 fully saturated rings. The second-order valence-corrected chi connectivity index (χ2v) is 7.09. The van der Waals surface area contributed by atoms with Crippen LogP contribution >= 0.6 is 0 Å². The van der Waals surface area contributed by atoms with Crippen LogP contribution in [0.15, 0.2) is 30.3 Å². The van der Waals surface area contributed by atoms with Crippen LogP contribution in [0.4, 0.5) is 0 Å². The van der Waals surface area contributed by atoms with E-state index in [4.69, 9.17) is 0 Å². The van der Waals surface area contributed by atoms with Crippen LogP contribution in [0.1, 0.15) is 53.8 Å². The molecule has 0 radical (unpaired) electrons. The SMILES string of the molecule is Cc1nn(-c2ccccc2)c(C)c1C(=O)NCCCN1CCCCCC1=O. The molecule has 0 saturated carbocycles. The monoisotopic (exact) mass is 368 g/mol. The van der Waals surface area contributed by atoms with Crippen molar-refractivity contribution in [3.05, 3.63) is 47.3 Å². The molecule has 2 aromatic rings. The first kappa shape index (κ1) is 19.1. The molecule has 27 heavy (non-hydrogen) atoms. The van der Waals surface area contributed by atoms with Crippen molar-refractivity contribution in [3.63, 3.8) is 0 Å². The number of aromatic nitrogens is 2. The molecule has 2 heterocycles. The van der Waals surface area contributed by atoms with E-state index in [9.17, 15) is 9.59 Å². The van der Waals surface area contributed by atoms with E-state index in [2.05, 4.69) is 10.4 Å². The van der Waals surface area contributed by atoms with Gasteiger partial charge >= 0.3 is 0 Å². The second-order valence-electron chi connectivity index (χ2n) is 7.09. The van der Waals surface area contributed by atoms with Gasteiger partial charge in [-0.3, -0.25) is 9.59 Å². The second kappa shape index (κ2) is 8.84. The Bertz CT molecular complexity index is 798. The summed E-state index contributed by atoms with van der Waals surface area (Å²) in [5, 5.41) is 7.51. The molecule has 6 heteroatoms. The van der Waals surface area contributed by atoms with E-state index in [1.807, 2.05) is 49.1 Å². The summed E-state index contributed by atoms with van der Waals surface area (Å²) in [6, 6.07) is 9.81. The molecule has 3 rings (SSSR count). The molecule has 1 aliphatic heterocycles. The minimum atomic E-state index is -0.102. The number of rotatable bonds is 6. The molecular weight excluding hydrogens is 340 g/mol. The molecular formula is C21H28N4O2. The van der Waals surface area contributed by atoms with Crippen LogP contribution in [0.25, 0.3) is 5.69 Å². The zero-order chi connectivity index (χ0) is 19.2. The van der Waals surface area contributed by atoms with Crippen molar-refractivity contribution in [3.8, 4) is 5.69 Å². The molecule has 1 N–H and O–H groups in total. The van der Waals surface area contributed by atoms with Gasteiger partial charge in [0.05, 0.1) is 22.6 Å². The lowest BCUT2D eigenvalue weighted by atomic mass is 10.2. The average molecular weight is 368 g/mol. The van der Waals surface area contributed by atoms with Gasteiger partial charge in [0, 0.05) is 26.1 Å². The van der Waals surface area contributed by atoms with Gasteiger partial charge in [-0.1, -0.05) is 24.6 Å². The number of para-hydroxylation sites is 1. The minimum absolute atomic E-state index is 0.102. The van der Waals surface area contributed by atoms with Crippen molar-refractivity contribution in [2.24, 2.45) is 0 Å². The summed E-state index contributed by atoms with van der Waals surface area (Å²) in [5.74, 6) is 0.143. The molecule has 1 saturated heterocycles. The molecule has 6 nitrogen and oxygen atoms in total. The predicted molar refractivity (Wildman–Crippen MR) is 105 cm³/mol. The lowest BCUT2D eigenvalue weighted by molar-refractivity contribution is -0.130. The topological polar surface area (TPSA) is 67.2 Å². The number of nitrogens with zero attached hydrogens (tertiary/aromatic N) is 3. The summed E-state index contributed by atoms with van der Waals surface area (Å²) < 4.78 is 1.81. The van der Waals surface area contributed by atoms with Crippen LogP contribution < -0.4 is 5.32 Å². The van der Waals surface area contributed by atoms with E-state index < -0.39 is 0 Å². The van der Waals surface area contributed by atoms with E-state index in [0.29, 0.717) is 25.1 Å². The molecule has 2 amide bonds. The van der Waals surface area contributed by atoms with Gasteiger partial charge in [-0.15, -0.1) is 0 Å². The highest BCUT2D eigenvalue weighted by Gasteiger charge is 2.20. The number of nitrogens with one attached hydrogen (secondary N) is 1. The van der Waals surface area contributed by atoms with Gasteiger partial charge in [0.25, 0.3) is 5.91 Å². The maximum absolute atomic E-state index is 12.7. The fourth-order valence-electron chi connectivity index (χ4n) is 3.63. The third kappa shape index (κ3) is 4.56. The van der Waals surface area contributed by atoms with E-state index in [1.165, 1.54) is 0 Å². The van der Waals surface area contributed by atoms with Crippen molar-refractivity contribution < 1.29 is 9.59 Å². The van der Waals surface area contributed by atoms with Crippen molar-refractivity contribution >= 4 is 11.8 Å². The third-order valence-corrected chi connectivity index (χ3v) is 5.08. The van der Waals surface area contributed by atoms with Gasteiger partial charge in [-0.25, -0.2) is 4.68 Å². The van der Waals surface area contributed by atoms with E-state index in [0.717, 1.165) is 49.3 Å². The summed E-state index contributed by atoms with van der Waals surface area (Å²) in [4.78, 5) is 26.6. The maximum Gasteiger partial charge on any atom is 0.255 e. The van der Waals surface area contributed by atoms with E-state index >= 15 is 0 Å². The summed E-state index contributed by atoms with van der Waals surface area (Å²) in [6.45, 7) is 5.88. The quantitative estimate of drug-likeness (QED) is 0.797. The maximum atomic E-state index is 12.7. The summed E-state index contributed by atoms with van der Waals surface area (Å²) in [5.41, 5.74) is 3.12. The van der Waals surface area contributed by atoms with Crippen molar-refractivity contribution in [1.29, 1.82) is 0 Å². The summed E-state index contributed by atoms with van der Waals surface area (Å²) in [7, 11) is 0. The zero-order valence-electron chi connectivity index (χ0n) is 16.2. The van der Waals surface area contributed by atoms with Gasteiger partial charge in [-0.05, 0) is 45.2 Å². The standard InChI is InChI=1S/C21H28N4O2/c1-16-20(17(2)25(23-16)18-10-5-3-6-11-18)21(27)22-13-9-15-24-14-8-4-7-12-19(24)26/h3,5-6,10-11H,4,7-9,12-15H2,1-2H3,(H,22,27). The Labute approximate surface area is 160 Å². The molecule has 1 aromatic heterocycles. The Hall–Kier alpha value is -2.63. The van der Waals surface area contributed by atoms with E-state index in [1.54, 1.807) is 4.68 Å². The number of hydrogen-bond acceptors (Lipinski definition) is 3. The Balaban J connectivity index is 1.57. The first-order valence-electron chi connectivity index (χ1n) is 9.75. The number of benzene rings is 1. The molecule has 144 valence electrons. The van der Waals surface area contributed by atoms with Crippen molar-refractivity contribution in [2.75, 3.05) is 19.6 Å². The number of aryl methyl sites for hydroxylation is 1. The van der Waals surface area contributed by atoms with Gasteiger partial charge in [0.2, 0.25) is 5.91 Å². The Kier molecular flexibility index (Phi) is 6.27. The first-order chi connectivity index (χ1) is 13.1. The van der Waals surface area contributed by atoms with Gasteiger partial charge < -0.3 is 10.2 Å². The Morgan fingerprint density at radius 3 is 2.70 bits per heavy atom. The average Bonchev–Trinajstić information content (AvgIpc) is 2.83. The highest BCUT2D eigenvalue weighted by molar-refractivity contribution is 5.96. The molecule has 0 spiro atoms. The lowest BCUT2D eigenvalue weighted by Gasteiger charge is -2.20. The molecule has 0 unspecified atom stereocenters. The number of hydrogen-bond donors (Lipinski definition) is 1. The van der Waals surface area contributed by atoms with Crippen molar-refractivity contribution in [2.45, 2.75) is 46.0 Å². The largest absolute Gasteiger partial charge is 0.352 e. The smallest absolute Gasteiger partial charge is 0.255 e. The molecule has 0 bridgehead atoms. The zero-order valence-corrected chi connectivity index (χ0v) is 16.2. The first-order valence-corrected chi connectivity index (χ1v) is 9.75. The number of carbonyl (C=O) groups is 2. The third-order valence-electron chi connectivity index (χ3n) is 5.08. The Morgan fingerprint density at radius 1 is 1.15 bits per heavy atom. The predicted octanol–water partition coefficient (Wildman–Crippen LogP) is 3.01. The highest BCUT2D eigenvalue weighted by Crippen LogP contribution is 2.17. The molecule has 0 atom stereocenters. The van der Waals surface area contributed by atoms with Crippen molar-refractivity contribution in [1.82, 2.24) is 20.0 Å². The van der Waals surface area contributed by atoms with Crippen LogP contribution in [-0.4, -0.2) is 46.1 Å². The van der Waals surface area contributed by atoms with Crippen LogP contribution in [0.2, 0.25) is 0 Å². The van der Waals surface area contributed by atoms with Crippen LogP contribution in [-0.2, 0) is 4.79 Å². The molecule has 0 aliphatic carbocycles. The van der Waals surface area contributed by atoms with Gasteiger partial charge in [-0.2, -0.15) is 5.10 Å². The van der Waals surface area contributed by atoms with Gasteiger partial charge in [0.15, 0.2) is 0 Å². The minimum Gasteiger partial charge on any atom is -0.352 e. The lowest BCUT2D eigenvalue weighted by Crippen LogP contribution is -2.34. The number of likely N-dealkylation sites (tertiary alicyclic amines) is 1. The normalized spacial score (nSPS) is 14.9. The van der Waals surface area contributed by atoms with Crippen LogP contribution in [0.3, 0.4) is 0 Å². The summed E-state index contributed by atoms with van der Waals surface area (Å²) >= 11 is 0. The fraction of sp³-hybridized carbons (Fsp3) is 0.476. The fourth-order valence-corrected chi connectivity index (χ4v) is 3.63. The van der Waals surface area contributed by atoms with Gasteiger partial charge in [0.1, 0.15) is 0 Å². The van der Waals surface area contributed by atoms with Crippen LogP contribution in [0, 0.1) is 13.8 Å². The number of amides is 2. The van der Waals surface area contributed by atoms with E-state index in [-0.39, 0.29) is 11.8 Å². The molecule has 1 aromatic carbocycles. The molecule has 1 aliphatic rings.